The van der Waals surface area contributed by atoms with Gasteiger partial charge in [0.1, 0.15) is 11.4 Å². The third kappa shape index (κ3) is 4.43. The normalized spacial score (nSPS) is 10.2. The second kappa shape index (κ2) is 8.09. The lowest BCUT2D eigenvalue weighted by atomic mass is 10.1. The summed E-state index contributed by atoms with van der Waals surface area (Å²) in [4.78, 5) is 22.8. The molecule has 0 fully saturated rings. The van der Waals surface area contributed by atoms with Crippen LogP contribution in [0.3, 0.4) is 0 Å². The van der Waals surface area contributed by atoms with Gasteiger partial charge < -0.3 is 14.8 Å². The van der Waals surface area contributed by atoms with Gasteiger partial charge in [0, 0.05) is 5.56 Å². The fraction of sp³-hybridized carbons (Fsp3) is 0.235. The zero-order valence-corrected chi connectivity index (χ0v) is 13.7. The van der Waals surface area contributed by atoms with Crippen LogP contribution in [0.5, 0.6) is 11.5 Å². The number of carbonyl (C=O) groups is 1. The van der Waals surface area contributed by atoms with Gasteiger partial charge in [-0.3, -0.25) is 14.9 Å². The van der Waals surface area contributed by atoms with Crippen molar-refractivity contribution in [3.05, 3.63) is 57.9 Å². The molecular formula is C17H17FN2O5. The Morgan fingerprint density at radius 3 is 2.64 bits per heavy atom. The monoisotopic (exact) mass is 348 g/mol. The maximum Gasteiger partial charge on any atom is 0.296 e. The van der Waals surface area contributed by atoms with E-state index in [2.05, 4.69) is 5.32 Å². The summed E-state index contributed by atoms with van der Waals surface area (Å²) in [6, 6.07) is 8.15. The number of halogens is 1. The number of ketones is 1. The standard InChI is InChI=1S/C17H17FN2O5/c1-3-25-12-5-6-14(15(9-12)20(22)23)19-10-16(21)11-4-7-17(24-2)13(18)8-11/h4-9,19H,3,10H2,1-2H3. The number of carbonyl (C=O) groups excluding carboxylic acids is 1. The van der Waals surface area contributed by atoms with Crippen LogP contribution in [-0.4, -0.2) is 31.0 Å². The Kier molecular flexibility index (Phi) is 5.89. The molecule has 8 heteroatoms. The lowest BCUT2D eigenvalue weighted by molar-refractivity contribution is -0.384. The first-order chi connectivity index (χ1) is 12.0. The van der Waals surface area contributed by atoms with Crippen molar-refractivity contribution in [2.75, 3.05) is 25.6 Å². The zero-order chi connectivity index (χ0) is 18.4. The minimum atomic E-state index is -0.652. The summed E-state index contributed by atoms with van der Waals surface area (Å²) in [7, 11) is 1.33. The molecule has 0 bridgehead atoms. The van der Waals surface area contributed by atoms with Gasteiger partial charge in [0.2, 0.25) is 0 Å². The SMILES string of the molecule is CCOc1ccc(NCC(=O)c2ccc(OC)c(F)c2)c([N+](=O)[O-])c1. The number of Topliss-reactive ketones (excluding diaryl/α,β-unsaturated/α-hetero) is 1. The number of hydrogen-bond donors (Lipinski definition) is 1. The van der Waals surface area contributed by atoms with Gasteiger partial charge in [-0.05, 0) is 37.3 Å². The highest BCUT2D eigenvalue weighted by molar-refractivity contribution is 5.99. The molecule has 0 heterocycles. The predicted molar refractivity (Wildman–Crippen MR) is 90.0 cm³/mol. The Bertz CT molecular complexity index is 795. The van der Waals surface area contributed by atoms with Crippen LogP contribution < -0.4 is 14.8 Å². The number of nitro benzene ring substituents is 1. The summed E-state index contributed by atoms with van der Waals surface area (Å²) in [6.07, 6.45) is 0. The number of ether oxygens (including phenoxy) is 2. The Balaban J connectivity index is 2.13. The lowest BCUT2D eigenvalue weighted by Gasteiger charge is -2.09. The first kappa shape index (κ1) is 18.2. The number of nitrogens with zero attached hydrogens (tertiary/aromatic N) is 1. The van der Waals surface area contributed by atoms with Gasteiger partial charge in [-0.15, -0.1) is 0 Å². The van der Waals surface area contributed by atoms with Crippen LogP contribution in [0, 0.1) is 15.9 Å². The van der Waals surface area contributed by atoms with Crippen LogP contribution in [0.15, 0.2) is 36.4 Å². The summed E-state index contributed by atoms with van der Waals surface area (Å²) >= 11 is 0. The molecule has 0 saturated carbocycles. The Labute approximate surface area is 143 Å². The Hall–Kier alpha value is -3.16. The van der Waals surface area contributed by atoms with E-state index in [0.717, 1.165) is 6.07 Å². The van der Waals surface area contributed by atoms with Crippen molar-refractivity contribution >= 4 is 17.2 Å². The molecule has 0 aliphatic rings. The number of anilines is 1. The van der Waals surface area contributed by atoms with Crippen molar-refractivity contribution in [3.8, 4) is 11.5 Å². The third-order valence-electron chi connectivity index (χ3n) is 3.39. The van der Waals surface area contributed by atoms with E-state index in [1.54, 1.807) is 13.0 Å². The van der Waals surface area contributed by atoms with E-state index in [-0.39, 0.29) is 29.2 Å². The van der Waals surface area contributed by atoms with E-state index in [4.69, 9.17) is 9.47 Å². The molecule has 0 saturated heterocycles. The Morgan fingerprint density at radius 1 is 1.28 bits per heavy atom. The highest BCUT2D eigenvalue weighted by Crippen LogP contribution is 2.29. The second-order valence-corrected chi connectivity index (χ2v) is 5.00. The molecule has 0 amide bonds. The van der Waals surface area contributed by atoms with Gasteiger partial charge in [-0.2, -0.15) is 0 Å². The molecule has 0 atom stereocenters. The molecule has 0 aromatic heterocycles. The van der Waals surface area contributed by atoms with Crippen molar-refractivity contribution in [2.24, 2.45) is 0 Å². The quantitative estimate of drug-likeness (QED) is 0.446. The van der Waals surface area contributed by atoms with Crippen LogP contribution in [0.1, 0.15) is 17.3 Å². The first-order valence-electron chi connectivity index (χ1n) is 7.48. The van der Waals surface area contributed by atoms with Gasteiger partial charge in [-0.25, -0.2) is 4.39 Å². The summed E-state index contributed by atoms with van der Waals surface area (Å²) in [5.41, 5.74) is 0.106. The molecule has 2 aromatic carbocycles. The van der Waals surface area contributed by atoms with E-state index < -0.39 is 16.5 Å². The van der Waals surface area contributed by atoms with Crippen LogP contribution in [-0.2, 0) is 0 Å². The maximum atomic E-state index is 13.7. The number of hydrogen-bond acceptors (Lipinski definition) is 6. The van der Waals surface area contributed by atoms with Gasteiger partial charge in [0.15, 0.2) is 17.3 Å². The summed E-state index contributed by atoms with van der Waals surface area (Å²) in [5.74, 6) is -0.667. The van der Waals surface area contributed by atoms with E-state index in [1.165, 1.54) is 31.4 Å². The van der Waals surface area contributed by atoms with Crippen molar-refractivity contribution in [1.82, 2.24) is 0 Å². The molecule has 7 nitrogen and oxygen atoms in total. The molecule has 0 radical (unpaired) electrons. The fourth-order valence-corrected chi connectivity index (χ4v) is 2.19. The topological polar surface area (TPSA) is 90.7 Å². The average Bonchev–Trinajstić information content (AvgIpc) is 2.60. The predicted octanol–water partition coefficient (Wildman–Crippen LogP) is 3.44. The molecule has 2 aromatic rings. The minimum Gasteiger partial charge on any atom is -0.494 e. The zero-order valence-electron chi connectivity index (χ0n) is 13.7. The van der Waals surface area contributed by atoms with Gasteiger partial charge in [0.05, 0.1) is 31.3 Å². The summed E-state index contributed by atoms with van der Waals surface area (Å²) in [5, 5.41) is 13.9. The molecule has 2 rings (SSSR count). The van der Waals surface area contributed by atoms with Crippen LogP contribution in [0.2, 0.25) is 0 Å². The number of benzene rings is 2. The largest absolute Gasteiger partial charge is 0.494 e. The average molecular weight is 348 g/mol. The first-order valence-corrected chi connectivity index (χ1v) is 7.48. The van der Waals surface area contributed by atoms with E-state index in [9.17, 15) is 19.3 Å². The van der Waals surface area contributed by atoms with Crippen molar-refractivity contribution in [2.45, 2.75) is 6.92 Å². The smallest absolute Gasteiger partial charge is 0.296 e. The van der Waals surface area contributed by atoms with E-state index >= 15 is 0 Å². The minimum absolute atomic E-state index is 0.0339. The van der Waals surface area contributed by atoms with Gasteiger partial charge in [-0.1, -0.05) is 0 Å². The molecule has 132 valence electrons. The molecule has 1 N–H and O–H groups in total. The van der Waals surface area contributed by atoms with E-state index in [0.29, 0.717) is 12.4 Å². The number of nitrogens with one attached hydrogen (secondary N) is 1. The van der Waals surface area contributed by atoms with Crippen molar-refractivity contribution in [3.63, 3.8) is 0 Å². The molecule has 0 aliphatic carbocycles. The maximum absolute atomic E-state index is 13.7. The van der Waals surface area contributed by atoms with E-state index in [1.807, 2.05) is 0 Å². The molecule has 0 unspecified atom stereocenters. The second-order valence-electron chi connectivity index (χ2n) is 5.00. The lowest BCUT2D eigenvalue weighted by Crippen LogP contribution is -2.15. The highest BCUT2D eigenvalue weighted by Gasteiger charge is 2.17. The third-order valence-corrected chi connectivity index (χ3v) is 3.39. The van der Waals surface area contributed by atoms with Crippen LogP contribution in [0.4, 0.5) is 15.8 Å². The molecule has 25 heavy (non-hydrogen) atoms. The van der Waals surface area contributed by atoms with Gasteiger partial charge >= 0.3 is 0 Å². The van der Waals surface area contributed by atoms with Crippen molar-refractivity contribution in [1.29, 1.82) is 0 Å². The van der Waals surface area contributed by atoms with Gasteiger partial charge in [0.25, 0.3) is 5.69 Å². The van der Waals surface area contributed by atoms with Crippen LogP contribution >= 0.6 is 0 Å². The highest BCUT2D eigenvalue weighted by atomic mass is 19.1. The van der Waals surface area contributed by atoms with Crippen molar-refractivity contribution < 1.29 is 23.6 Å². The molecule has 0 aliphatic heterocycles. The number of methoxy groups -OCH3 is 1. The summed E-state index contributed by atoms with van der Waals surface area (Å²) in [6.45, 7) is 1.93. The van der Waals surface area contributed by atoms with Crippen LogP contribution in [0.25, 0.3) is 0 Å². The molecule has 0 spiro atoms. The number of nitro groups is 1. The Morgan fingerprint density at radius 2 is 2.04 bits per heavy atom. The fourth-order valence-electron chi connectivity index (χ4n) is 2.19. The number of rotatable bonds is 8. The molecular weight excluding hydrogens is 331 g/mol. The summed E-state index contributed by atoms with van der Waals surface area (Å²) < 4.78 is 23.7.